The van der Waals surface area contributed by atoms with E-state index in [-0.39, 0.29) is 12.1 Å². The Kier molecular flexibility index (Phi) is 3.85. The van der Waals surface area contributed by atoms with Crippen LogP contribution in [0.25, 0.3) is 0 Å². The lowest BCUT2D eigenvalue weighted by molar-refractivity contribution is 0.158. The maximum Gasteiger partial charge on any atom is 0.0671 e. The summed E-state index contributed by atoms with van der Waals surface area (Å²) in [6, 6.07) is 6.59. The lowest BCUT2D eigenvalue weighted by Gasteiger charge is -2.34. The van der Waals surface area contributed by atoms with E-state index < -0.39 is 0 Å². The van der Waals surface area contributed by atoms with E-state index in [0.29, 0.717) is 0 Å². The topological polar surface area (TPSA) is 42.1 Å². The minimum atomic E-state index is 0.132. The van der Waals surface area contributed by atoms with Gasteiger partial charge in [-0.05, 0) is 56.6 Å². The van der Waals surface area contributed by atoms with Crippen LogP contribution in [0.15, 0.2) is 24.4 Å². The predicted octanol–water partition coefficient (Wildman–Crippen LogP) is 2.59. The molecule has 0 spiro atoms. The van der Waals surface area contributed by atoms with Crippen LogP contribution >= 0.6 is 0 Å². The molecule has 2 aliphatic carbocycles. The number of aromatic nitrogens is 1. The summed E-state index contributed by atoms with van der Waals surface area (Å²) in [5, 5.41) is 0. The quantitative estimate of drug-likeness (QED) is 0.818. The van der Waals surface area contributed by atoms with Crippen molar-refractivity contribution >= 4 is 0 Å². The van der Waals surface area contributed by atoms with E-state index >= 15 is 0 Å². The average molecular weight is 259 g/mol. The van der Waals surface area contributed by atoms with Crippen molar-refractivity contribution in [2.45, 2.75) is 44.7 Å². The summed E-state index contributed by atoms with van der Waals surface area (Å²) in [7, 11) is 0. The Labute approximate surface area is 116 Å². The standard InChI is InChI=1S/C16H25N3/c1-12(17)16(15-4-2-3-9-18-15)19(10-13-5-6-13)11-14-7-8-14/h2-4,9,12-14,16H,5-8,10-11,17H2,1H3. The van der Waals surface area contributed by atoms with E-state index in [1.807, 2.05) is 12.3 Å². The van der Waals surface area contributed by atoms with Crippen LogP contribution in [0.1, 0.15) is 44.3 Å². The number of pyridine rings is 1. The van der Waals surface area contributed by atoms with Crippen LogP contribution in [0.4, 0.5) is 0 Å². The third-order valence-corrected chi connectivity index (χ3v) is 4.26. The van der Waals surface area contributed by atoms with Crippen molar-refractivity contribution in [3.63, 3.8) is 0 Å². The summed E-state index contributed by atoms with van der Waals surface area (Å²) >= 11 is 0. The smallest absolute Gasteiger partial charge is 0.0671 e. The van der Waals surface area contributed by atoms with E-state index in [1.165, 1.54) is 38.8 Å². The highest BCUT2D eigenvalue weighted by Crippen LogP contribution is 2.37. The molecule has 2 unspecified atom stereocenters. The maximum absolute atomic E-state index is 6.28. The first-order valence-corrected chi connectivity index (χ1v) is 7.64. The van der Waals surface area contributed by atoms with Crippen molar-refractivity contribution in [1.29, 1.82) is 0 Å². The molecular formula is C16H25N3. The largest absolute Gasteiger partial charge is 0.326 e. The van der Waals surface area contributed by atoms with E-state index in [0.717, 1.165) is 17.5 Å². The Morgan fingerprint density at radius 1 is 1.21 bits per heavy atom. The number of rotatable bonds is 7. The Balaban J connectivity index is 1.77. The molecule has 0 amide bonds. The summed E-state index contributed by atoms with van der Waals surface area (Å²) in [5.41, 5.74) is 7.42. The highest BCUT2D eigenvalue weighted by atomic mass is 15.2. The van der Waals surface area contributed by atoms with Crippen LogP contribution in [0.5, 0.6) is 0 Å². The third kappa shape index (κ3) is 3.54. The monoisotopic (exact) mass is 259 g/mol. The van der Waals surface area contributed by atoms with Crippen molar-refractivity contribution in [2.75, 3.05) is 13.1 Å². The molecule has 1 aromatic rings. The maximum atomic E-state index is 6.28. The molecule has 3 rings (SSSR count). The molecule has 2 aliphatic rings. The molecule has 19 heavy (non-hydrogen) atoms. The van der Waals surface area contributed by atoms with Crippen molar-refractivity contribution in [3.05, 3.63) is 30.1 Å². The van der Waals surface area contributed by atoms with Gasteiger partial charge in [0.2, 0.25) is 0 Å². The number of nitrogens with two attached hydrogens (primary N) is 1. The highest BCUT2D eigenvalue weighted by molar-refractivity contribution is 5.11. The molecule has 2 atom stereocenters. The zero-order valence-corrected chi connectivity index (χ0v) is 11.8. The highest BCUT2D eigenvalue weighted by Gasteiger charge is 2.34. The normalized spacial score (nSPS) is 22.5. The van der Waals surface area contributed by atoms with Crippen molar-refractivity contribution in [3.8, 4) is 0 Å². The molecule has 0 aliphatic heterocycles. The Bertz CT molecular complexity index is 382. The van der Waals surface area contributed by atoms with E-state index in [1.54, 1.807) is 0 Å². The van der Waals surface area contributed by atoms with Crippen LogP contribution in [-0.2, 0) is 0 Å². The van der Waals surface area contributed by atoms with Crippen LogP contribution in [-0.4, -0.2) is 29.0 Å². The summed E-state index contributed by atoms with van der Waals surface area (Å²) < 4.78 is 0. The fourth-order valence-electron chi connectivity index (χ4n) is 2.91. The molecule has 1 aromatic heterocycles. The Morgan fingerprint density at radius 3 is 2.26 bits per heavy atom. The minimum Gasteiger partial charge on any atom is -0.326 e. The lowest BCUT2D eigenvalue weighted by Crippen LogP contribution is -2.42. The molecule has 0 radical (unpaired) electrons. The molecule has 0 bridgehead atoms. The van der Waals surface area contributed by atoms with Gasteiger partial charge in [0.25, 0.3) is 0 Å². The van der Waals surface area contributed by atoms with Gasteiger partial charge in [-0.3, -0.25) is 9.88 Å². The molecule has 3 heteroatoms. The van der Waals surface area contributed by atoms with Crippen molar-refractivity contribution < 1.29 is 0 Å². The van der Waals surface area contributed by atoms with Gasteiger partial charge < -0.3 is 5.73 Å². The Hall–Kier alpha value is -0.930. The second kappa shape index (κ2) is 5.59. The minimum absolute atomic E-state index is 0.132. The van der Waals surface area contributed by atoms with Gasteiger partial charge in [0.1, 0.15) is 0 Å². The van der Waals surface area contributed by atoms with E-state index in [2.05, 4.69) is 28.9 Å². The number of hydrogen-bond donors (Lipinski definition) is 1. The lowest BCUT2D eigenvalue weighted by atomic mass is 10.0. The first-order chi connectivity index (χ1) is 9.24. The molecule has 3 nitrogen and oxygen atoms in total. The van der Waals surface area contributed by atoms with Gasteiger partial charge in [-0.2, -0.15) is 0 Å². The molecule has 1 heterocycles. The second-order valence-electron chi connectivity index (χ2n) is 6.40. The molecule has 2 saturated carbocycles. The fraction of sp³-hybridized carbons (Fsp3) is 0.688. The first-order valence-electron chi connectivity index (χ1n) is 7.64. The summed E-state index contributed by atoms with van der Waals surface area (Å²) in [5.74, 6) is 1.81. The van der Waals surface area contributed by atoms with Crippen LogP contribution in [0, 0.1) is 11.8 Å². The SMILES string of the molecule is CC(N)C(c1ccccn1)N(CC1CC1)CC1CC1. The third-order valence-electron chi connectivity index (χ3n) is 4.26. The molecule has 2 N–H and O–H groups in total. The van der Waals surface area contributed by atoms with Gasteiger partial charge in [-0.15, -0.1) is 0 Å². The van der Waals surface area contributed by atoms with E-state index in [4.69, 9.17) is 5.73 Å². The van der Waals surface area contributed by atoms with Gasteiger partial charge in [0.15, 0.2) is 0 Å². The molecule has 104 valence electrons. The fourth-order valence-corrected chi connectivity index (χ4v) is 2.91. The number of hydrogen-bond acceptors (Lipinski definition) is 3. The first kappa shape index (κ1) is 13.1. The van der Waals surface area contributed by atoms with Crippen molar-refractivity contribution in [1.82, 2.24) is 9.88 Å². The van der Waals surface area contributed by atoms with Gasteiger partial charge in [-0.1, -0.05) is 6.07 Å². The molecule has 0 aromatic carbocycles. The summed E-state index contributed by atoms with van der Waals surface area (Å²) in [6.07, 6.45) is 7.48. The average Bonchev–Trinajstić information content (AvgIpc) is 3.26. The van der Waals surface area contributed by atoms with Crippen molar-refractivity contribution in [2.24, 2.45) is 17.6 Å². The van der Waals surface area contributed by atoms with Gasteiger partial charge in [0.05, 0.1) is 11.7 Å². The van der Waals surface area contributed by atoms with Gasteiger partial charge in [-0.25, -0.2) is 0 Å². The molecule has 0 saturated heterocycles. The zero-order valence-electron chi connectivity index (χ0n) is 11.8. The molecular weight excluding hydrogens is 234 g/mol. The Morgan fingerprint density at radius 2 is 1.84 bits per heavy atom. The number of nitrogens with zero attached hydrogens (tertiary/aromatic N) is 2. The molecule has 2 fully saturated rings. The van der Waals surface area contributed by atoms with Crippen LogP contribution < -0.4 is 5.73 Å². The zero-order chi connectivity index (χ0) is 13.2. The predicted molar refractivity (Wildman–Crippen MR) is 77.6 cm³/mol. The summed E-state index contributed by atoms with van der Waals surface area (Å²) in [6.45, 7) is 4.53. The van der Waals surface area contributed by atoms with Gasteiger partial charge in [0, 0.05) is 25.3 Å². The van der Waals surface area contributed by atoms with E-state index in [9.17, 15) is 0 Å². The van der Waals surface area contributed by atoms with Gasteiger partial charge >= 0.3 is 0 Å². The van der Waals surface area contributed by atoms with Crippen LogP contribution in [0.3, 0.4) is 0 Å². The second-order valence-corrected chi connectivity index (χ2v) is 6.40. The summed E-state index contributed by atoms with van der Waals surface area (Å²) in [4.78, 5) is 7.17. The van der Waals surface area contributed by atoms with Crippen LogP contribution in [0.2, 0.25) is 0 Å².